The third-order valence-corrected chi connectivity index (χ3v) is 6.94. The summed E-state index contributed by atoms with van der Waals surface area (Å²) in [5.41, 5.74) is 4.31. The number of nitrogens with one attached hydrogen (secondary N) is 3. The van der Waals surface area contributed by atoms with Gasteiger partial charge in [-0.3, -0.25) is 4.79 Å². The number of ether oxygens (including phenoxy) is 1. The van der Waals surface area contributed by atoms with Crippen molar-refractivity contribution in [1.82, 2.24) is 5.32 Å². The van der Waals surface area contributed by atoms with Crippen LogP contribution in [0.2, 0.25) is 0 Å². The van der Waals surface area contributed by atoms with Gasteiger partial charge in [-0.2, -0.15) is 0 Å². The molecule has 1 amide bonds. The van der Waals surface area contributed by atoms with Crippen LogP contribution >= 0.6 is 0 Å². The Morgan fingerprint density at radius 3 is 2.83 bits per heavy atom. The lowest BCUT2D eigenvalue weighted by atomic mass is 9.97. The van der Waals surface area contributed by atoms with Crippen molar-refractivity contribution < 1.29 is 19.3 Å². The Hall–Kier alpha value is -1.85. The summed E-state index contributed by atoms with van der Waals surface area (Å²) in [4.78, 5) is 15.7. The van der Waals surface area contributed by atoms with Crippen LogP contribution in [-0.4, -0.2) is 51.3 Å². The van der Waals surface area contributed by atoms with Crippen molar-refractivity contribution in [2.45, 2.75) is 58.0 Å². The Labute approximate surface area is 175 Å². The first-order valence-corrected chi connectivity index (χ1v) is 11.6. The molecule has 29 heavy (non-hydrogen) atoms. The first-order chi connectivity index (χ1) is 14.2. The average Bonchev–Trinajstić information content (AvgIpc) is 3.22. The number of amides is 1. The highest BCUT2D eigenvalue weighted by Crippen LogP contribution is 2.25. The molecule has 3 aliphatic rings. The summed E-state index contributed by atoms with van der Waals surface area (Å²) in [6, 6.07) is 6.73. The van der Waals surface area contributed by atoms with Gasteiger partial charge in [-0.05, 0) is 62.8 Å². The van der Waals surface area contributed by atoms with Crippen LogP contribution in [-0.2, 0) is 17.8 Å². The third kappa shape index (κ3) is 5.40. The van der Waals surface area contributed by atoms with E-state index in [2.05, 4.69) is 36.5 Å². The lowest BCUT2D eigenvalue weighted by Gasteiger charge is -2.32. The summed E-state index contributed by atoms with van der Waals surface area (Å²) in [7, 11) is 0. The van der Waals surface area contributed by atoms with E-state index >= 15 is 0 Å². The predicted octanol–water partition coefficient (Wildman–Crippen LogP) is 0.300. The molecule has 3 N–H and O–H groups in total. The maximum Gasteiger partial charge on any atom is 0.278 e. The van der Waals surface area contributed by atoms with E-state index in [0.717, 1.165) is 64.5 Å². The van der Waals surface area contributed by atoms with Crippen LogP contribution in [0.3, 0.4) is 0 Å². The normalized spacial score (nSPS) is 24.9. The zero-order chi connectivity index (χ0) is 20.1. The number of quaternary nitrogens is 2. The molecule has 0 radical (unpaired) electrons. The smallest absolute Gasteiger partial charge is 0.278 e. The minimum absolute atomic E-state index is 0.0500. The van der Waals surface area contributed by atoms with Gasteiger partial charge in [-0.25, -0.2) is 0 Å². The second-order valence-electron chi connectivity index (χ2n) is 9.00. The van der Waals surface area contributed by atoms with E-state index in [1.165, 1.54) is 47.3 Å². The molecule has 0 bridgehead atoms. The molecule has 1 aromatic rings. The zero-order valence-corrected chi connectivity index (χ0v) is 17.9. The Morgan fingerprint density at radius 2 is 2.03 bits per heavy atom. The van der Waals surface area contributed by atoms with Crippen LogP contribution in [0.4, 0.5) is 0 Å². The highest BCUT2D eigenvalue weighted by molar-refractivity contribution is 5.79. The summed E-state index contributed by atoms with van der Waals surface area (Å²) in [5.74, 6) is 1.29. The van der Waals surface area contributed by atoms with Crippen molar-refractivity contribution in [3.05, 3.63) is 41.0 Å². The predicted molar refractivity (Wildman–Crippen MR) is 114 cm³/mol. The van der Waals surface area contributed by atoms with Crippen LogP contribution in [0.15, 0.2) is 29.8 Å². The lowest BCUT2D eigenvalue weighted by Crippen LogP contribution is -3.29. The number of hydrogen-bond acceptors (Lipinski definition) is 2. The van der Waals surface area contributed by atoms with Gasteiger partial charge >= 0.3 is 0 Å². The van der Waals surface area contributed by atoms with Gasteiger partial charge in [-0.15, -0.1) is 0 Å². The Kier molecular flexibility index (Phi) is 6.88. The monoisotopic (exact) mass is 399 g/mol. The maximum atomic E-state index is 12.6. The molecule has 1 fully saturated rings. The lowest BCUT2D eigenvalue weighted by molar-refractivity contribution is -1.02. The number of fused-ring (bicyclic) bond motifs is 1. The summed E-state index contributed by atoms with van der Waals surface area (Å²) >= 11 is 0. The Bertz CT molecular complexity index is 738. The van der Waals surface area contributed by atoms with E-state index in [1.807, 2.05) is 0 Å². The molecule has 158 valence electrons. The molecule has 0 spiro atoms. The molecule has 1 saturated heterocycles. The SMILES string of the molecule is C[C@@H](C(=O)NCCC1=CCCCC1)[NH+]1CC[NH+](Cc2ccc3c(c2)CCO3)CC1. The molecule has 2 aliphatic heterocycles. The van der Waals surface area contributed by atoms with Crippen molar-refractivity contribution >= 4 is 5.91 Å². The van der Waals surface area contributed by atoms with Crippen molar-refractivity contribution in [2.75, 3.05) is 39.3 Å². The van der Waals surface area contributed by atoms with Crippen LogP contribution in [0.5, 0.6) is 5.75 Å². The molecule has 1 aliphatic carbocycles. The molecule has 0 saturated carbocycles. The molecule has 0 aromatic heterocycles. The second-order valence-corrected chi connectivity index (χ2v) is 9.00. The number of rotatable bonds is 7. The Morgan fingerprint density at radius 1 is 1.17 bits per heavy atom. The summed E-state index contributed by atoms with van der Waals surface area (Å²) < 4.78 is 5.62. The van der Waals surface area contributed by atoms with E-state index in [1.54, 1.807) is 4.90 Å². The van der Waals surface area contributed by atoms with Crippen LogP contribution in [0, 0.1) is 0 Å². The second kappa shape index (κ2) is 9.77. The van der Waals surface area contributed by atoms with E-state index < -0.39 is 0 Å². The van der Waals surface area contributed by atoms with Crippen molar-refractivity contribution in [2.24, 2.45) is 0 Å². The van der Waals surface area contributed by atoms with Gasteiger partial charge in [0, 0.05) is 18.5 Å². The maximum absolute atomic E-state index is 12.6. The van der Waals surface area contributed by atoms with Gasteiger partial charge in [-0.1, -0.05) is 11.6 Å². The van der Waals surface area contributed by atoms with E-state index in [4.69, 9.17) is 4.74 Å². The molecule has 5 nitrogen and oxygen atoms in total. The molecular weight excluding hydrogens is 362 g/mol. The molecule has 1 aromatic carbocycles. The molecule has 1 atom stereocenters. The minimum atomic E-state index is 0.0500. The zero-order valence-electron chi connectivity index (χ0n) is 17.9. The molecule has 5 heteroatoms. The van der Waals surface area contributed by atoms with Crippen molar-refractivity contribution in [1.29, 1.82) is 0 Å². The van der Waals surface area contributed by atoms with Gasteiger partial charge in [0.05, 0.1) is 6.61 Å². The van der Waals surface area contributed by atoms with Gasteiger partial charge in [0.2, 0.25) is 0 Å². The van der Waals surface area contributed by atoms with Gasteiger partial charge in [0.15, 0.2) is 6.04 Å². The number of piperazine rings is 1. The number of carbonyl (C=O) groups excluding carboxylic acids is 1. The number of hydrogen-bond donors (Lipinski definition) is 3. The van der Waals surface area contributed by atoms with Crippen molar-refractivity contribution in [3.63, 3.8) is 0 Å². The first kappa shape index (κ1) is 20.4. The summed E-state index contributed by atoms with van der Waals surface area (Å²) in [5, 5.41) is 3.18. The minimum Gasteiger partial charge on any atom is -0.493 e. The summed E-state index contributed by atoms with van der Waals surface area (Å²) in [6.07, 6.45) is 9.52. The van der Waals surface area contributed by atoms with Crippen molar-refractivity contribution in [3.8, 4) is 5.75 Å². The number of carbonyl (C=O) groups is 1. The van der Waals surface area contributed by atoms with E-state index in [9.17, 15) is 4.79 Å². The average molecular weight is 400 g/mol. The molecule has 4 rings (SSSR count). The fraction of sp³-hybridized carbons (Fsp3) is 0.625. The fourth-order valence-electron chi connectivity index (χ4n) is 4.99. The third-order valence-electron chi connectivity index (χ3n) is 6.94. The van der Waals surface area contributed by atoms with Crippen LogP contribution in [0.1, 0.15) is 50.2 Å². The topological polar surface area (TPSA) is 47.2 Å². The van der Waals surface area contributed by atoms with Gasteiger partial charge in [0.1, 0.15) is 38.5 Å². The summed E-state index contributed by atoms with van der Waals surface area (Å²) in [6.45, 7) is 9.20. The first-order valence-electron chi connectivity index (χ1n) is 11.6. The number of benzene rings is 1. The largest absolute Gasteiger partial charge is 0.493 e. The number of allylic oxidation sites excluding steroid dienone is 1. The standard InChI is InChI=1S/C24H35N3O2/c1-19(24(28)25-11-9-20-5-3-2-4-6-20)27-14-12-26(13-15-27)18-21-7-8-23-22(17-21)10-16-29-23/h5,7-8,17,19H,2-4,6,9-16,18H2,1H3,(H,25,28)/p+2/t19-/m0/s1. The van der Waals surface area contributed by atoms with Gasteiger partial charge < -0.3 is 19.9 Å². The quantitative estimate of drug-likeness (QED) is 0.578. The van der Waals surface area contributed by atoms with E-state index in [0.29, 0.717) is 0 Å². The van der Waals surface area contributed by atoms with Gasteiger partial charge in [0.25, 0.3) is 5.91 Å². The molecule has 0 unspecified atom stereocenters. The highest BCUT2D eigenvalue weighted by atomic mass is 16.5. The fourth-order valence-corrected chi connectivity index (χ4v) is 4.99. The van der Waals surface area contributed by atoms with Crippen LogP contribution in [0.25, 0.3) is 0 Å². The highest BCUT2D eigenvalue weighted by Gasteiger charge is 2.31. The van der Waals surface area contributed by atoms with Crippen LogP contribution < -0.4 is 19.9 Å². The molecule has 2 heterocycles. The van der Waals surface area contributed by atoms with E-state index in [-0.39, 0.29) is 11.9 Å². The Balaban J connectivity index is 1.18. The molecular formula is C24H37N3O2+2.